The number of cyclic esters (lactones) is 1. The van der Waals surface area contributed by atoms with Gasteiger partial charge in [0, 0.05) is 12.5 Å². The molecule has 56 valence electrons. The van der Waals surface area contributed by atoms with Gasteiger partial charge in [0.1, 0.15) is 0 Å². The van der Waals surface area contributed by atoms with Gasteiger partial charge in [-0.1, -0.05) is 0 Å². The van der Waals surface area contributed by atoms with Crippen molar-refractivity contribution in [3.8, 4) is 0 Å². The monoisotopic (exact) mass is 142 g/mol. The van der Waals surface area contributed by atoms with Gasteiger partial charge in [-0.15, -0.1) is 0 Å². The maximum absolute atomic E-state index is 10.9. The number of fused-ring (bicyclic) bond motifs is 1. The molecule has 2 saturated heterocycles. The molecule has 0 saturated carbocycles. The Balaban J connectivity index is 2.08. The van der Waals surface area contributed by atoms with Crippen LogP contribution in [0.1, 0.15) is 12.8 Å². The van der Waals surface area contributed by atoms with Crippen molar-refractivity contribution >= 4 is 5.97 Å². The number of hydrogen-bond acceptors (Lipinski definition) is 3. The van der Waals surface area contributed by atoms with Crippen LogP contribution in [0.4, 0.5) is 0 Å². The summed E-state index contributed by atoms with van der Waals surface area (Å²) in [5, 5.41) is 0. The van der Waals surface area contributed by atoms with Crippen molar-refractivity contribution in [2.75, 3.05) is 13.2 Å². The quantitative estimate of drug-likeness (QED) is 0.457. The van der Waals surface area contributed by atoms with Crippen LogP contribution in [0.2, 0.25) is 0 Å². The first-order valence-corrected chi connectivity index (χ1v) is 3.66. The third-order valence-electron chi connectivity index (χ3n) is 2.12. The highest BCUT2D eigenvalue weighted by Gasteiger charge is 2.39. The molecule has 0 bridgehead atoms. The lowest BCUT2D eigenvalue weighted by Crippen LogP contribution is -2.30. The van der Waals surface area contributed by atoms with Crippen LogP contribution in [-0.4, -0.2) is 25.3 Å². The second kappa shape index (κ2) is 2.23. The predicted molar refractivity (Wildman–Crippen MR) is 33.4 cm³/mol. The van der Waals surface area contributed by atoms with Crippen molar-refractivity contribution in [3.05, 3.63) is 0 Å². The van der Waals surface area contributed by atoms with Crippen LogP contribution < -0.4 is 0 Å². The molecule has 2 aliphatic rings. The number of carbonyl (C=O) groups excluding carboxylic acids is 1. The van der Waals surface area contributed by atoms with Gasteiger partial charge in [-0.2, -0.15) is 0 Å². The Morgan fingerprint density at radius 3 is 3.20 bits per heavy atom. The molecule has 0 amide bonds. The Morgan fingerprint density at radius 1 is 1.50 bits per heavy atom. The number of ether oxygens (including phenoxy) is 2. The van der Waals surface area contributed by atoms with Gasteiger partial charge >= 0.3 is 5.97 Å². The van der Waals surface area contributed by atoms with Gasteiger partial charge in [-0.3, -0.25) is 0 Å². The van der Waals surface area contributed by atoms with Gasteiger partial charge in [-0.25, -0.2) is 4.79 Å². The highest BCUT2D eigenvalue weighted by atomic mass is 16.6. The van der Waals surface area contributed by atoms with E-state index in [2.05, 4.69) is 0 Å². The van der Waals surface area contributed by atoms with Gasteiger partial charge in [-0.05, 0) is 12.8 Å². The molecule has 0 aromatic rings. The first-order chi connectivity index (χ1) is 4.88. The second-order valence-electron chi connectivity index (χ2n) is 2.82. The van der Waals surface area contributed by atoms with Crippen molar-refractivity contribution in [2.24, 2.45) is 5.92 Å². The molecule has 0 aliphatic carbocycles. The smallest absolute Gasteiger partial charge is 0.335 e. The van der Waals surface area contributed by atoms with E-state index in [9.17, 15) is 4.79 Å². The number of carbonyl (C=O) groups is 1. The molecular formula is C7H10O3. The molecule has 0 N–H and O–H groups in total. The van der Waals surface area contributed by atoms with E-state index < -0.39 is 0 Å². The molecule has 0 radical (unpaired) electrons. The summed E-state index contributed by atoms with van der Waals surface area (Å²) < 4.78 is 10.1. The topological polar surface area (TPSA) is 35.5 Å². The molecule has 3 nitrogen and oxygen atoms in total. The molecule has 2 aliphatic heterocycles. The van der Waals surface area contributed by atoms with Gasteiger partial charge in [0.15, 0.2) is 6.10 Å². The van der Waals surface area contributed by atoms with Crippen LogP contribution in [0.5, 0.6) is 0 Å². The van der Waals surface area contributed by atoms with E-state index >= 15 is 0 Å². The third kappa shape index (κ3) is 0.814. The summed E-state index contributed by atoms with van der Waals surface area (Å²) in [6.07, 6.45) is 1.92. The maximum Gasteiger partial charge on any atom is 0.335 e. The summed E-state index contributed by atoms with van der Waals surface area (Å²) in [5.74, 6) is 0.186. The molecule has 3 heteroatoms. The van der Waals surface area contributed by atoms with Crippen molar-refractivity contribution < 1.29 is 14.3 Å². The summed E-state index contributed by atoms with van der Waals surface area (Å²) in [6, 6.07) is 0. The molecular weight excluding hydrogens is 132 g/mol. The zero-order chi connectivity index (χ0) is 6.97. The van der Waals surface area contributed by atoms with Crippen LogP contribution in [-0.2, 0) is 14.3 Å². The molecule has 2 atom stereocenters. The van der Waals surface area contributed by atoms with Crippen LogP contribution in [0.25, 0.3) is 0 Å². The zero-order valence-corrected chi connectivity index (χ0v) is 5.71. The molecule has 0 spiro atoms. The van der Waals surface area contributed by atoms with Crippen LogP contribution in [0.15, 0.2) is 0 Å². The van der Waals surface area contributed by atoms with Crippen LogP contribution >= 0.6 is 0 Å². The van der Waals surface area contributed by atoms with Crippen molar-refractivity contribution in [3.63, 3.8) is 0 Å². The molecule has 0 aromatic heterocycles. The molecule has 0 aromatic carbocycles. The fraction of sp³-hybridized carbons (Fsp3) is 0.857. The van der Waals surface area contributed by atoms with Crippen molar-refractivity contribution in [2.45, 2.75) is 18.9 Å². The summed E-state index contributed by atoms with van der Waals surface area (Å²) in [7, 11) is 0. The lowest BCUT2D eigenvalue weighted by atomic mass is 9.98. The Bertz CT molecular complexity index is 155. The maximum atomic E-state index is 10.9. The van der Waals surface area contributed by atoms with Crippen molar-refractivity contribution in [1.82, 2.24) is 0 Å². The zero-order valence-electron chi connectivity index (χ0n) is 5.71. The fourth-order valence-corrected chi connectivity index (χ4v) is 1.55. The highest BCUT2D eigenvalue weighted by Crippen LogP contribution is 2.26. The van der Waals surface area contributed by atoms with Gasteiger partial charge in [0.05, 0.1) is 6.61 Å². The standard InChI is InChI=1S/C7H10O3/c8-7-6-5(4-10-7)2-1-3-9-6/h5-6H,1-4H2/t5-,6-/m0/s1. The molecule has 2 rings (SSSR count). The average molecular weight is 142 g/mol. The first kappa shape index (κ1) is 6.16. The van der Waals surface area contributed by atoms with E-state index in [1.165, 1.54) is 0 Å². The largest absolute Gasteiger partial charge is 0.463 e. The highest BCUT2D eigenvalue weighted by molar-refractivity contribution is 5.77. The SMILES string of the molecule is O=C1OC[C@@H]2CCCO[C@H]12. The molecule has 0 unspecified atom stereocenters. The van der Waals surface area contributed by atoms with Gasteiger partial charge < -0.3 is 9.47 Å². The molecule has 2 fully saturated rings. The number of rotatable bonds is 0. The summed E-state index contributed by atoms with van der Waals surface area (Å²) in [4.78, 5) is 10.9. The summed E-state index contributed by atoms with van der Waals surface area (Å²) >= 11 is 0. The number of hydrogen-bond donors (Lipinski definition) is 0. The molecule has 10 heavy (non-hydrogen) atoms. The fourth-order valence-electron chi connectivity index (χ4n) is 1.55. The minimum absolute atomic E-state index is 0.162. The average Bonchev–Trinajstić information content (AvgIpc) is 2.34. The van der Waals surface area contributed by atoms with E-state index in [0.29, 0.717) is 12.5 Å². The second-order valence-corrected chi connectivity index (χ2v) is 2.82. The van der Waals surface area contributed by atoms with E-state index in [1.807, 2.05) is 0 Å². The van der Waals surface area contributed by atoms with E-state index in [-0.39, 0.29) is 12.1 Å². The van der Waals surface area contributed by atoms with E-state index in [0.717, 1.165) is 19.4 Å². The van der Waals surface area contributed by atoms with Crippen LogP contribution in [0.3, 0.4) is 0 Å². The minimum Gasteiger partial charge on any atom is -0.463 e. The van der Waals surface area contributed by atoms with Crippen molar-refractivity contribution in [1.29, 1.82) is 0 Å². The normalized spacial score (nSPS) is 39.0. The lowest BCUT2D eigenvalue weighted by Gasteiger charge is -2.20. The van der Waals surface area contributed by atoms with E-state index in [1.54, 1.807) is 0 Å². The summed E-state index contributed by atoms with van der Waals surface area (Å²) in [5.41, 5.74) is 0. The predicted octanol–water partition coefficient (Wildman–Crippen LogP) is 0.338. The van der Waals surface area contributed by atoms with E-state index in [4.69, 9.17) is 9.47 Å². The Morgan fingerprint density at radius 2 is 2.40 bits per heavy atom. The first-order valence-electron chi connectivity index (χ1n) is 3.66. The molecule has 2 heterocycles. The van der Waals surface area contributed by atoms with Gasteiger partial charge in [0.2, 0.25) is 0 Å². The summed E-state index contributed by atoms with van der Waals surface area (Å²) in [6.45, 7) is 1.29. The lowest BCUT2D eigenvalue weighted by molar-refractivity contribution is -0.148. The Kier molecular flexibility index (Phi) is 1.38. The Hall–Kier alpha value is -0.570. The third-order valence-corrected chi connectivity index (χ3v) is 2.12. The Labute approximate surface area is 59.3 Å². The minimum atomic E-state index is -0.228. The van der Waals surface area contributed by atoms with Gasteiger partial charge in [0.25, 0.3) is 0 Å². The number of esters is 1. The van der Waals surface area contributed by atoms with Crippen LogP contribution in [0, 0.1) is 5.92 Å².